The van der Waals surface area contributed by atoms with Crippen molar-refractivity contribution in [3.8, 4) is 0 Å². The summed E-state index contributed by atoms with van der Waals surface area (Å²) < 4.78 is 28.6. The number of rotatable bonds is 6. The van der Waals surface area contributed by atoms with Crippen molar-refractivity contribution in [1.82, 2.24) is 9.03 Å². The van der Waals surface area contributed by atoms with Gasteiger partial charge in [-0.05, 0) is 49.9 Å². The monoisotopic (exact) mass is 302 g/mol. The Labute approximate surface area is 119 Å². The molecule has 114 valence electrons. The maximum atomic E-state index is 12.3. The van der Waals surface area contributed by atoms with Crippen LogP contribution in [0.4, 0.5) is 0 Å². The van der Waals surface area contributed by atoms with Crippen LogP contribution in [0.1, 0.15) is 38.5 Å². The molecule has 1 atom stereocenters. The van der Waals surface area contributed by atoms with Crippen molar-refractivity contribution in [2.75, 3.05) is 19.6 Å². The smallest absolute Gasteiger partial charge is 0.307 e. The van der Waals surface area contributed by atoms with Gasteiger partial charge in [0, 0.05) is 19.6 Å². The average molecular weight is 302 g/mol. The van der Waals surface area contributed by atoms with Gasteiger partial charge in [0.2, 0.25) is 0 Å². The van der Waals surface area contributed by atoms with Gasteiger partial charge >= 0.3 is 5.97 Å². The van der Waals surface area contributed by atoms with Gasteiger partial charge in [0.15, 0.2) is 0 Å². The average Bonchev–Trinajstić information content (AvgIpc) is 3.28. The highest BCUT2D eigenvalue weighted by molar-refractivity contribution is 7.87. The Hall–Kier alpha value is -0.660. The molecule has 0 aromatic carbocycles. The van der Waals surface area contributed by atoms with Gasteiger partial charge in [0.1, 0.15) is 0 Å². The SMILES string of the molecule is O=C(O)C1CCCN(S(=O)(=O)NCC2(C3CC3)CC2)C1. The third-order valence-corrected chi connectivity index (χ3v) is 6.54. The van der Waals surface area contributed by atoms with E-state index in [9.17, 15) is 13.2 Å². The summed E-state index contributed by atoms with van der Waals surface area (Å²) in [6.07, 6.45) is 5.88. The summed E-state index contributed by atoms with van der Waals surface area (Å²) in [6.45, 7) is 1.05. The van der Waals surface area contributed by atoms with Crippen LogP contribution in [0.3, 0.4) is 0 Å². The van der Waals surface area contributed by atoms with Gasteiger partial charge in [-0.15, -0.1) is 0 Å². The molecule has 2 saturated carbocycles. The number of hydrogen-bond acceptors (Lipinski definition) is 3. The van der Waals surface area contributed by atoms with Crippen LogP contribution in [-0.2, 0) is 15.0 Å². The zero-order valence-corrected chi connectivity index (χ0v) is 12.4. The summed E-state index contributed by atoms with van der Waals surface area (Å²) in [7, 11) is -3.53. The van der Waals surface area contributed by atoms with Crippen LogP contribution < -0.4 is 4.72 Å². The maximum absolute atomic E-state index is 12.3. The Bertz CT molecular complexity index is 497. The molecule has 2 N–H and O–H groups in total. The van der Waals surface area contributed by atoms with E-state index in [4.69, 9.17) is 5.11 Å². The van der Waals surface area contributed by atoms with Crippen LogP contribution in [-0.4, -0.2) is 43.4 Å². The third-order valence-electron chi connectivity index (χ3n) is 5.02. The predicted octanol–water partition coefficient (Wildman–Crippen LogP) is 0.808. The van der Waals surface area contributed by atoms with Crippen LogP contribution in [0.5, 0.6) is 0 Å². The fourth-order valence-corrected chi connectivity index (χ4v) is 4.67. The highest BCUT2D eigenvalue weighted by Crippen LogP contribution is 2.60. The lowest BCUT2D eigenvalue weighted by atomic mass is 10.0. The summed E-state index contributed by atoms with van der Waals surface area (Å²) in [4.78, 5) is 11.0. The molecule has 0 spiro atoms. The summed E-state index contributed by atoms with van der Waals surface area (Å²) in [6, 6.07) is 0. The molecular formula is C13H22N2O4S. The lowest BCUT2D eigenvalue weighted by molar-refractivity contribution is -0.142. The zero-order chi connectivity index (χ0) is 14.4. The summed E-state index contributed by atoms with van der Waals surface area (Å²) in [5.74, 6) is -0.765. The number of carboxylic acid groups (broad SMARTS) is 1. The molecule has 3 fully saturated rings. The molecule has 0 aromatic heterocycles. The zero-order valence-electron chi connectivity index (χ0n) is 11.5. The Morgan fingerprint density at radius 2 is 2.00 bits per heavy atom. The summed E-state index contributed by atoms with van der Waals surface area (Å²) in [5, 5.41) is 9.03. The first-order valence-corrected chi connectivity index (χ1v) is 8.84. The third kappa shape index (κ3) is 2.84. The van der Waals surface area contributed by atoms with Gasteiger partial charge in [-0.1, -0.05) is 0 Å². The highest BCUT2D eigenvalue weighted by atomic mass is 32.2. The van der Waals surface area contributed by atoms with Gasteiger partial charge in [0.05, 0.1) is 5.92 Å². The van der Waals surface area contributed by atoms with Crippen molar-refractivity contribution in [2.24, 2.45) is 17.3 Å². The van der Waals surface area contributed by atoms with Gasteiger partial charge < -0.3 is 5.11 Å². The molecule has 0 aromatic rings. The van der Waals surface area contributed by atoms with Crippen molar-refractivity contribution < 1.29 is 18.3 Å². The van der Waals surface area contributed by atoms with E-state index in [0.717, 1.165) is 12.8 Å². The number of nitrogens with one attached hydrogen (secondary N) is 1. The molecule has 0 radical (unpaired) electrons. The van der Waals surface area contributed by atoms with E-state index < -0.39 is 22.1 Å². The van der Waals surface area contributed by atoms with Gasteiger partial charge in [-0.25, -0.2) is 4.72 Å². The Kier molecular flexibility index (Phi) is 3.54. The minimum absolute atomic E-state index is 0.0983. The Morgan fingerprint density at radius 1 is 1.30 bits per heavy atom. The predicted molar refractivity (Wildman–Crippen MR) is 73.2 cm³/mol. The first kappa shape index (κ1) is 14.3. The van der Waals surface area contributed by atoms with E-state index in [2.05, 4.69) is 4.72 Å². The molecular weight excluding hydrogens is 280 g/mol. The molecule has 3 rings (SSSR count). The van der Waals surface area contributed by atoms with Crippen molar-refractivity contribution in [1.29, 1.82) is 0 Å². The summed E-state index contributed by atoms with van der Waals surface area (Å²) in [5.41, 5.74) is 0.217. The number of hydrogen-bond donors (Lipinski definition) is 2. The van der Waals surface area contributed by atoms with Gasteiger partial charge in [0.25, 0.3) is 10.2 Å². The second-order valence-corrected chi connectivity index (χ2v) is 8.25. The van der Waals surface area contributed by atoms with E-state index in [1.165, 1.54) is 17.1 Å². The van der Waals surface area contributed by atoms with Crippen LogP contribution in [0.2, 0.25) is 0 Å². The quantitative estimate of drug-likeness (QED) is 0.760. The minimum atomic E-state index is -3.53. The first-order chi connectivity index (χ1) is 9.43. The number of aliphatic carboxylic acids is 1. The number of piperidine rings is 1. The highest BCUT2D eigenvalue weighted by Gasteiger charge is 2.54. The normalized spacial score (nSPS) is 30.1. The molecule has 20 heavy (non-hydrogen) atoms. The van der Waals surface area contributed by atoms with Crippen molar-refractivity contribution in [3.05, 3.63) is 0 Å². The number of carbonyl (C=O) groups is 1. The topological polar surface area (TPSA) is 86.7 Å². The standard InChI is InChI=1S/C13H22N2O4S/c16-12(17)10-2-1-7-15(8-10)20(18,19)14-9-13(5-6-13)11-3-4-11/h10-11,14H,1-9H2,(H,16,17). The van der Waals surface area contributed by atoms with E-state index in [-0.39, 0.29) is 12.0 Å². The molecule has 0 bridgehead atoms. The second kappa shape index (κ2) is 4.96. The molecule has 1 unspecified atom stereocenters. The van der Waals surface area contributed by atoms with Crippen molar-refractivity contribution >= 4 is 16.2 Å². The van der Waals surface area contributed by atoms with E-state index in [1.54, 1.807) is 0 Å². The number of carboxylic acids is 1. The van der Waals surface area contributed by atoms with E-state index >= 15 is 0 Å². The molecule has 1 aliphatic heterocycles. The Balaban J connectivity index is 1.58. The van der Waals surface area contributed by atoms with Crippen LogP contribution >= 0.6 is 0 Å². The number of nitrogens with zero attached hydrogens (tertiary/aromatic N) is 1. The van der Waals surface area contributed by atoms with Crippen molar-refractivity contribution in [2.45, 2.75) is 38.5 Å². The molecule has 1 saturated heterocycles. The van der Waals surface area contributed by atoms with E-state index in [1.807, 2.05) is 0 Å². The fourth-order valence-electron chi connectivity index (χ4n) is 3.27. The lowest BCUT2D eigenvalue weighted by Gasteiger charge is -2.30. The van der Waals surface area contributed by atoms with Gasteiger partial charge in [-0.2, -0.15) is 12.7 Å². The van der Waals surface area contributed by atoms with Crippen LogP contribution in [0, 0.1) is 17.3 Å². The first-order valence-electron chi connectivity index (χ1n) is 7.40. The van der Waals surface area contributed by atoms with Crippen LogP contribution in [0.15, 0.2) is 0 Å². The molecule has 7 heteroatoms. The molecule has 2 aliphatic carbocycles. The maximum Gasteiger partial charge on any atom is 0.307 e. The minimum Gasteiger partial charge on any atom is -0.481 e. The van der Waals surface area contributed by atoms with Crippen molar-refractivity contribution in [3.63, 3.8) is 0 Å². The molecule has 0 amide bonds. The summed E-state index contributed by atoms with van der Waals surface area (Å²) >= 11 is 0. The second-order valence-electron chi connectivity index (χ2n) is 6.50. The van der Waals surface area contributed by atoms with E-state index in [0.29, 0.717) is 31.8 Å². The Morgan fingerprint density at radius 3 is 2.55 bits per heavy atom. The van der Waals surface area contributed by atoms with Gasteiger partial charge in [-0.3, -0.25) is 4.79 Å². The molecule has 1 heterocycles. The largest absolute Gasteiger partial charge is 0.481 e. The molecule has 6 nitrogen and oxygen atoms in total. The fraction of sp³-hybridized carbons (Fsp3) is 0.923. The lowest BCUT2D eigenvalue weighted by Crippen LogP contribution is -2.48. The molecule has 3 aliphatic rings. The van der Waals surface area contributed by atoms with Crippen LogP contribution in [0.25, 0.3) is 0 Å².